The van der Waals surface area contributed by atoms with Crippen LogP contribution in [-0.2, 0) is 27.9 Å². The number of amides is 1. The van der Waals surface area contributed by atoms with Gasteiger partial charge in [0.1, 0.15) is 6.54 Å². The van der Waals surface area contributed by atoms with E-state index in [4.69, 9.17) is 34.8 Å². The van der Waals surface area contributed by atoms with E-state index in [0.717, 1.165) is 6.26 Å². The summed E-state index contributed by atoms with van der Waals surface area (Å²) in [5.74, 6) is -1.10. The number of alkyl halides is 3. The number of aromatic nitrogens is 3. The van der Waals surface area contributed by atoms with Crippen molar-refractivity contribution in [2.24, 2.45) is 0 Å². The van der Waals surface area contributed by atoms with Gasteiger partial charge in [-0.2, -0.15) is 13.2 Å². The van der Waals surface area contributed by atoms with Crippen LogP contribution in [0, 0.1) is 0 Å². The van der Waals surface area contributed by atoms with E-state index in [0.29, 0.717) is 14.3 Å². The van der Waals surface area contributed by atoms with Crippen molar-refractivity contribution < 1.29 is 31.5 Å². The standard InChI is InChI=1S/C22H21Cl3F3N5O5S/c1-39(37,38)29-9-16(14-3-2-4-15(24)19(14)25)30-18(35)11-33-21(36)32(10-17(34)22(26,27)28)20(31-33)12-5-7-13(23)8-6-12/h2-8,16-17,29,34H,9-11H2,1H3,(H,30,35). The largest absolute Gasteiger partial charge is 0.416 e. The maximum Gasteiger partial charge on any atom is 0.416 e. The van der Waals surface area contributed by atoms with Crippen LogP contribution >= 0.6 is 34.8 Å². The van der Waals surface area contributed by atoms with Crippen LogP contribution in [0.3, 0.4) is 0 Å². The summed E-state index contributed by atoms with van der Waals surface area (Å²) in [4.78, 5) is 25.9. The number of benzene rings is 2. The summed E-state index contributed by atoms with van der Waals surface area (Å²) >= 11 is 18.2. The number of nitrogens with zero attached hydrogens (tertiary/aromatic N) is 3. The number of carbonyl (C=O) groups excluding carboxylic acids is 1. The highest BCUT2D eigenvalue weighted by molar-refractivity contribution is 7.88. The van der Waals surface area contributed by atoms with E-state index >= 15 is 0 Å². The third-order valence-corrected chi connectivity index (χ3v) is 7.07. The Morgan fingerprint density at radius 3 is 2.36 bits per heavy atom. The highest BCUT2D eigenvalue weighted by atomic mass is 35.5. The second kappa shape index (κ2) is 12.3. The van der Waals surface area contributed by atoms with Crippen LogP contribution in [0.5, 0.6) is 0 Å². The SMILES string of the molecule is CS(=O)(=O)NCC(NC(=O)Cn1nc(-c2ccc(Cl)cc2)n(CC(O)C(F)(F)F)c1=O)c1cccc(Cl)c1Cl. The van der Waals surface area contributed by atoms with Crippen molar-refractivity contribution in [3.05, 3.63) is 73.6 Å². The Labute approximate surface area is 235 Å². The number of sulfonamides is 1. The normalized spacial score (nSPS) is 13.7. The van der Waals surface area contributed by atoms with E-state index in [1.54, 1.807) is 0 Å². The zero-order valence-electron chi connectivity index (χ0n) is 19.9. The van der Waals surface area contributed by atoms with Gasteiger partial charge in [-0.25, -0.2) is 22.6 Å². The molecule has 0 saturated heterocycles. The number of halogens is 6. The molecular formula is C22H21Cl3F3N5O5S. The molecule has 0 aliphatic carbocycles. The number of rotatable bonds is 10. The number of nitrogens with one attached hydrogen (secondary N) is 2. The van der Waals surface area contributed by atoms with E-state index in [-0.39, 0.29) is 33.5 Å². The Balaban J connectivity index is 1.95. The Hall–Kier alpha value is -2.62. The lowest BCUT2D eigenvalue weighted by atomic mass is 10.1. The van der Waals surface area contributed by atoms with Crippen molar-refractivity contribution in [3.63, 3.8) is 0 Å². The van der Waals surface area contributed by atoms with E-state index in [1.165, 1.54) is 42.5 Å². The Kier molecular flexibility index (Phi) is 9.73. The molecule has 1 aromatic heterocycles. The quantitative estimate of drug-likeness (QED) is 0.315. The molecule has 0 aliphatic rings. The van der Waals surface area contributed by atoms with E-state index < -0.39 is 53.0 Å². The average molecular weight is 631 g/mol. The van der Waals surface area contributed by atoms with Crippen LogP contribution in [-0.4, -0.2) is 58.9 Å². The van der Waals surface area contributed by atoms with Gasteiger partial charge in [0.2, 0.25) is 15.9 Å². The van der Waals surface area contributed by atoms with Crippen molar-refractivity contribution in [1.82, 2.24) is 24.4 Å². The lowest BCUT2D eigenvalue weighted by Gasteiger charge is -2.21. The van der Waals surface area contributed by atoms with E-state index in [1.807, 2.05) is 0 Å². The maximum absolute atomic E-state index is 13.0. The summed E-state index contributed by atoms with van der Waals surface area (Å²) in [5.41, 5.74) is -0.641. The minimum atomic E-state index is -5.02. The second-order valence-electron chi connectivity index (χ2n) is 8.32. The third kappa shape index (κ3) is 8.19. The molecule has 1 amide bonds. The molecule has 212 valence electrons. The molecule has 0 spiro atoms. The summed E-state index contributed by atoms with van der Waals surface area (Å²) in [6, 6.07) is 9.12. The number of hydrogen-bond acceptors (Lipinski definition) is 6. The van der Waals surface area contributed by atoms with Crippen LogP contribution in [0.25, 0.3) is 11.4 Å². The first-order valence-corrected chi connectivity index (χ1v) is 14.0. The van der Waals surface area contributed by atoms with Gasteiger partial charge < -0.3 is 10.4 Å². The van der Waals surface area contributed by atoms with Crippen molar-refractivity contribution in [2.45, 2.75) is 31.4 Å². The van der Waals surface area contributed by atoms with Crippen molar-refractivity contribution in [1.29, 1.82) is 0 Å². The molecule has 0 bridgehead atoms. The van der Waals surface area contributed by atoms with Gasteiger partial charge in [0, 0.05) is 17.1 Å². The lowest BCUT2D eigenvalue weighted by molar-refractivity contribution is -0.207. The molecule has 2 aromatic carbocycles. The van der Waals surface area contributed by atoms with Crippen LogP contribution in [0.2, 0.25) is 15.1 Å². The van der Waals surface area contributed by atoms with Crippen LogP contribution in [0.4, 0.5) is 13.2 Å². The van der Waals surface area contributed by atoms with E-state index in [9.17, 15) is 36.3 Å². The van der Waals surface area contributed by atoms with Gasteiger partial charge in [-0.1, -0.05) is 46.9 Å². The first-order chi connectivity index (χ1) is 18.1. The molecular weight excluding hydrogens is 610 g/mol. The molecule has 0 radical (unpaired) electrons. The summed E-state index contributed by atoms with van der Waals surface area (Å²) in [5, 5.41) is 16.6. The molecule has 17 heteroatoms. The maximum atomic E-state index is 13.0. The molecule has 10 nitrogen and oxygen atoms in total. The topological polar surface area (TPSA) is 135 Å². The number of aliphatic hydroxyl groups is 1. The van der Waals surface area contributed by atoms with Crippen molar-refractivity contribution in [2.75, 3.05) is 12.8 Å². The van der Waals surface area contributed by atoms with Gasteiger partial charge in [0.25, 0.3) is 0 Å². The summed E-state index contributed by atoms with van der Waals surface area (Å²) in [6.07, 6.45) is -7.00. The first-order valence-electron chi connectivity index (χ1n) is 10.9. The summed E-state index contributed by atoms with van der Waals surface area (Å²) < 4.78 is 65.9. The molecule has 0 saturated carbocycles. The zero-order valence-corrected chi connectivity index (χ0v) is 23.0. The Morgan fingerprint density at radius 2 is 1.77 bits per heavy atom. The van der Waals surface area contributed by atoms with Gasteiger partial charge in [-0.15, -0.1) is 5.10 Å². The molecule has 0 aliphatic heterocycles. The monoisotopic (exact) mass is 629 g/mol. The number of carbonyl (C=O) groups is 1. The highest BCUT2D eigenvalue weighted by Crippen LogP contribution is 2.30. The number of hydrogen-bond donors (Lipinski definition) is 3. The molecule has 1 heterocycles. The third-order valence-electron chi connectivity index (χ3n) is 5.29. The van der Waals surface area contributed by atoms with Crippen molar-refractivity contribution >= 4 is 50.7 Å². The molecule has 3 rings (SSSR count). The molecule has 2 unspecified atom stereocenters. The average Bonchev–Trinajstić information content (AvgIpc) is 3.12. The molecule has 3 N–H and O–H groups in total. The Morgan fingerprint density at radius 1 is 1.13 bits per heavy atom. The van der Waals surface area contributed by atoms with Gasteiger partial charge in [-0.3, -0.25) is 9.36 Å². The van der Waals surface area contributed by atoms with E-state index in [2.05, 4.69) is 15.1 Å². The first kappa shape index (κ1) is 30.9. The Bertz CT molecular complexity index is 1510. The summed E-state index contributed by atoms with van der Waals surface area (Å²) in [7, 11) is -3.68. The molecule has 2 atom stereocenters. The fourth-order valence-corrected chi connectivity index (χ4v) is 4.47. The zero-order chi connectivity index (χ0) is 29.1. The fraction of sp³-hybridized carbons (Fsp3) is 0.318. The number of aliphatic hydroxyl groups excluding tert-OH is 1. The van der Waals surface area contributed by atoms with Crippen LogP contribution in [0.1, 0.15) is 11.6 Å². The summed E-state index contributed by atoms with van der Waals surface area (Å²) in [6.45, 7) is -2.27. The van der Waals surface area contributed by atoms with Gasteiger partial charge in [0.15, 0.2) is 11.9 Å². The van der Waals surface area contributed by atoms with Gasteiger partial charge >= 0.3 is 11.9 Å². The van der Waals surface area contributed by atoms with Crippen LogP contribution < -0.4 is 15.7 Å². The van der Waals surface area contributed by atoms with Gasteiger partial charge in [-0.05, 0) is 35.9 Å². The highest BCUT2D eigenvalue weighted by Gasteiger charge is 2.39. The van der Waals surface area contributed by atoms with Crippen LogP contribution in [0.15, 0.2) is 47.3 Å². The van der Waals surface area contributed by atoms with Gasteiger partial charge in [0.05, 0.1) is 28.9 Å². The minimum Gasteiger partial charge on any atom is -0.382 e. The van der Waals surface area contributed by atoms with Crippen molar-refractivity contribution in [3.8, 4) is 11.4 Å². The molecule has 0 fully saturated rings. The molecule has 3 aromatic rings. The fourth-order valence-electron chi connectivity index (χ4n) is 3.44. The minimum absolute atomic E-state index is 0.0485. The smallest absolute Gasteiger partial charge is 0.382 e. The molecule has 39 heavy (non-hydrogen) atoms. The predicted octanol–water partition coefficient (Wildman–Crippen LogP) is 3.00. The second-order valence-corrected chi connectivity index (χ2v) is 11.4. The predicted molar refractivity (Wildman–Crippen MR) is 139 cm³/mol. The lowest BCUT2D eigenvalue weighted by Crippen LogP contribution is -2.41.